The maximum absolute atomic E-state index is 8.31. The Bertz CT molecular complexity index is 451. The van der Waals surface area contributed by atoms with E-state index in [1.165, 1.54) is 0 Å². The Morgan fingerprint density at radius 1 is 0.900 bits per heavy atom. The monoisotopic (exact) mass is 376 g/mol. The van der Waals surface area contributed by atoms with E-state index >= 15 is 0 Å². The van der Waals surface area contributed by atoms with Crippen LogP contribution in [0, 0.1) is 7.43 Å². The summed E-state index contributed by atoms with van der Waals surface area (Å²) < 4.78 is 0. The Kier molecular flexibility index (Phi) is 10.6. The predicted molar refractivity (Wildman–Crippen MR) is 84.2 cm³/mol. The Morgan fingerprint density at radius 2 is 1.30 bits per heavy atom. The molecule has 108 valence electrons. The molecule has 2 aromatic carbocycles. The van der Waals surface area contributed by atoms with Gasteiger partial charge in [-0.25, -0.2) is 0 Å². The van der Waals surface area contributed by atoms with Gasteiger partial charge in [0.15, 0.2) is 0 Å². The van der Waals surface area contributed by atoms with Crippen molar-refractivity contribution in [2.45, 2.75) is 12.1 Å². The first-order chi connectivity index (χ1) is 9.33. The average molecular weight is 376 g/mol. The fourth-order valence-electron chi connectivity index (χ4n) is 1.98. The number of halogens is 1. The van der Waals surface area contributed by atoms with Crippen LogP contribution in [0.1, 0.15) is 23.2 Å². The van der Waals surface area contributed by atoms with Crippen LogP contribution in [0.15, 0.2) is 60.7 Å². The zero-order valence-corrected chi connectivity index (χ0v) is 14.1. The van der Waals surface area contributed by atoms with Crippen LogP contribution in [0.4, 0.5) is 0 Å². The summed E-state index contributed by atoms with van der Waals surface area (Å²) in [7, 11) is 6.35. The molecule has 0 fully saturated rings. The topological polar surface area (TPSA) is 37.9 Å². The summed E-state index contributed by atoms with van der Waals surface area (Å²) in [5.41, 5.74) is 10.4. The van der Waals surface area contributed by atoms with E-state index in [4.69, 9.17) is 5.73 Å². The molecule has 0 aliphatic carbocycles. The fraction of sp³-hybridized carbons (Fsp3) is 0.188. The van der Waals surface area contributed by atoms with Crippen LogP contribution in [-0.2, 0) is 17.3 Å². The second kappa shape index (κ2) is 11.0. The van der Waals surface area contributed by atoms with Crippen LogP contribution < -0.4 is 0 Å². The van der Waals surface area contributed by atoms with Crippen molar-refractivity contribution in [3.8, 4) is 0 Å². The molecule has 0 radical (unpaired) electrons. The minimum absolute atomic E-state index is 0. The molecule has 0 spiro atoms. The van der Waals surface area contributed by atoms with E-state index in [1.54, 1.807) is 7.05 Å². The molecule has 2 nitrogen and oxygen atoms in total. The van der Waals surface area contributed by atoms with E-state index in [2.05, 4.69) is 15.0 Å². The Balaban J connectivity index is 0.00000115. The SMILES string of the molecule is C[N-][C@H](c1ccccc1)[C@H]([NH-])c1ccccc1.[CH3-].[Cl][Ru+3]. The Labute approximate surface area is 136 Å². The van der Waals surface area contributed by atoms with E-state index in [1.807, 2.05) is 78.0 Å². The fourth-order valence-corrected chi connectivity index (χ4v) is 1.98. The molecule has 4 heteroatoms. The predicted octanol–water partition coefficient (Wildman–Crippen LogP) is 5.66. The third kappa shape index (κ3) is 5.34. The summed E-state index contributed by atoms with van der Waals surface area (Å²) in [4.78, 5) is 0. The molecule has 0 unspecified atom stereocenters. The van der Waals surface area contributed by atoms with Crippen LogP contribution in [0.3, 0.4) is 0 Å². The maximum atomic E-state index is 8.31. The summed E-state index contributed by atoms with van der Waals surface area (Å²) in [6, 6.07) is 19.5. The van der Waals surface area contributed by atoms with Gasteiger partial charge in [-0.2, -0.15) is 7.05 Å². The molecule has 0 saturated carbocycles. The van der Waals surface area contributed by atoms with Crippen molar-refractivity contribution in [1.29, 1.82) is 0 Å². The van der Waals surface area contributed by atoms with Crippen molar-refractivity contribution in [3.05, 3.63) is 90.3 Å². The van der Waals surface area contributed by atoms with Crippen molar-refractivity contribution in [3.63, 3.8) is 0 Å². The molecule has 0 aliphatic heterocycles. The molecule has 0 amide bonds. The second-order valence-electron chi connectivity index (χ2n) is 4.00. The van der Waals surface area contributed by atoms with Crippen molar-refractivity contribution in [2.75, 3.05) is 7.05 Å². The molecule has 2 rings (SSSR count). The third-order valence-corrected chi connectivity index (χ3v) is 2.89. The molecule has 0 aromatic heterocycles. The summed E-state index contributed by atoms with van der Waals surface area (Å²) in [6.07, 6.45) is 0. The van der Waals surface area contributed by atoms with Crippen LogP contribution in [0.5, 0.6) is 0 Å². The van der Waals surface area contributed by atoms with Crippen molar-refractivity contribution >= 4 is 9.69 Å². The molecule has 0 aliphatic rings. The normalized spacial score (nSPS) is 12.3. The Morgan fingerprint density at radius 3 is 1.70 bits per heavy atom. The second-order valence-corrected chi connectivity index (χ2v) is 4.00. The van der Waals surface area contributed by atoms with Gasteiger partial charge in [-0.3, -0.25) is 0 Å². The van der Waals surface area contributed by atoms with E-state index in [0.29, 0.717) is 0 Å². The van der Waals surface area contributed by atoms with Gasteiger partial charge in [0.25, 0.3) is 0 Å². The summed E-state index contributed by atoms with van der Waals surface area (Å²) in [5.74, 6) is 0. The van der Waals surface area contributed by atoms with Gasteiger partial charge in [0.1, 0.15) is 0 Å². The Hall–Kier alpha value is -0.727. The standard InChI is InChI=1S/C15H16N2.CH3.ClH.Ru/c1-17-15(13-10-6-3-7-11-13)14(16)12-8-4-2-5-9-12;;;/h2-11,14-16H,1H3;1H3;1H;/q-2;-1;;+4/p-1/t14-,15-;;;/m1.../s1. The van der Waals surface area contributed by atoms with Gasteiger partial charge >= 0.3 is 27.0 Å². The molecular formula is C16H19ClN2Ru. The zero-order chi connectivity index (χ0) is 14.1. The third-order valence-electron chi connectivity index (χ3n) is 2.89. The van der Waals surface area contributed by atoms with E-state index in [0.717, 1.165) is 11.1 Å². The number of hydrogen-bond acceptors (Lipinski definition) is 0. The van der Waals surface area contributed by atoms with Crippen LogP contribution in [-0.4, -0.2) is 7.05 Å². The molecule has 2 atom stereocenters. The first kappa shape index (κ1) is 19.3. The van der Waals surface area contributed by atoms with Gasteiger partial charge < -0.3 is 18.5 Å². The number of hydrogen-bond donors (Lipinski definition) is 0. The van der Waals surface area contributed by atoms with Crippen LogP contribution in [0.25, 0.3) is 11.1 Å². The minimum atomic E-state index is -0.344. The quantitative estimate of drug-likeness (QED) is 0.488. The number of nitrogens with zero attached hydrogens (tertiary/aromatic N) is 1. The summed E-state index contributed by atoms with van der Waals surface area (Å²) in [6.45, 7) is 0. The molecular weight excluding hydrogens is 357 g/mol. The number of likely N-dealkylation sites (N-methyl/N-ethyl adjacent to an activating group) is 1. The van der Waals surface area contributed by atoms with Gasteiger partial charge in [0, 0.05) is 0 Å². The molecule has 1 N–H and O–H groups in total. The van der Waals surface area contributed by atoms with Gasteiger partial charge in [-0.15, -0.1) is 12.1 Å². The van der Waals surface area contributed by atoms with E-state index in [9.17, 15) is 0 Å². The first-order valence-corrected chi connectivity index (χ1v) is 8.10. The summed E-state index contributed by atoms with van der Waals surface area (Å²) >= 11 is 1.82. The molecule has 2 aromatic rings. The molecule has 0 saturated heterocycles. The van der Waals surface area contributed by atoms with Gasteiger partial charge in [-0.05, 0) is 0 Å². The average Bonchev–Trinajstić information content (AvgIpc) is 2.52. The van der Waals surface area contributed by atoms with Crippen molar-refractivity contribution in [2.24, 2.45) is 0 Å². The zero-order valence-electron chi connectivity index (χ0n) is 11.6. The molecule has 0 bridgehead atoms. The molecule has 0 heterocycles. The van der Waals surface area contributed by atoms with Crippen molar-refractivity contribution < 1.29 is 17.3 Å². The number of benzene rings is 2. The van der Waals surface area contributed by atoms with Crippen molar-refractivity contribution in [1.82, 2.24) is 0 Å². The van der Waals surface area contributed by atoms with E-state index < -0.39 is 0 Å². The first-order valence-electron chi connectivity index (χ1n) is 5.86. The van der Waals surface area contributed by atoms with Gasteiger partial charge in [0.05, 0.1) is 0 Å². The number of nitrogens with one attached hydrogen (secondary N) is 1. The van der Waals surface area contributed by atoms with E-state index in [-0.39, 0.29) is 19.5 Å². The van der Waals surface area contributed by atoms with Gasteiger partial charge in [-0.1, -0.05) is 71.8 Å². The number of rotatable bonds is 4. The van der Waals surface area contributed by atoms with Crippen LogP contribution >= 0.6 is 9.69 Å². The molecule has 20 heavy (non-hydrogen) atoms. The van der Waals surface area contributed by atoms with Gasteiger partial charge in [0.2, 0.25) is 0 Å². The summed E-state index contributed by atoms with van der Waals surface area (Å²) in [5, 5.41) is 4.35. The van der Waals surface area contributed by atoms with Crippen LogP contribution in [0.2, 0.25) is 0 Å².